The van der Waals surface area contributed by atoms with Gasteiger partial charge in [-0.15, -0.1) is 0 Å². The topological polar surface area (TPSA) is 28.2 Å². The van der Waals surface area contributed by atoms with E-state index < -0.39 is 0 Å². The minimum atomic E-state index is 0.399. The van der Waals surface area contributed by atoms with Crippen LogP contribution in [0, 0.1) is 0 Å². The van der Waals surface area contributed by atoms with Crippen LogP contribution in [0.15, 0.2) is 18.2 Å². The largest absolute Gasteiger partial charge is 0.356 e. The van der Waals surface area contributed by atoms with Crippen LogP contribution in [0.3, 0.4) is 0 Å². The molecule has 0 bridgehead atoms. The maximum absolute atomic E-state index is 4.78. The van der Waals surface area contributed by atoms with E-state index >= 15 is 0 Å². The smallest absolute Gasteiger partial charge is 0.128 e. The molecule has 0 amide bonds. The molecule has 19 heavy (non-hydrogen) atoms. The highest BCUT2D eigenvalue weighted by molar-refractivity contribution is 8.00. The Bertz CT molecular complexity index is 406. The number of nitrogens with one attached hydrogen (secondary N) is 1. The fourth-order valence-corrected chi connectivity index (χ4v) is 3.34. The summed E-state index contributed by atoms with van der Waals surface area (Å²) < 4.78 is 0.399. The van der Waals surface area contributed by atoms with Crippen molar-refractivity contribution in [3.8, 4) is 0 Å². The van der Waals surface area contributed by atoms with Crippen molar-refractivity contribution in [1.82, 2.24) is 10.3 Å². The van der Waals surface area contributed by atoms with Crippen LogP contribution in [0.2, 0.25) is 0 Å². The van der Waals surface area contributed by atoms with Crippen molar-refractivity contribution < 1.29 is 0 Å². The van der Waals surface area contributed by atoms with Crippen LogP contribution < -0.4 is 10.2 Å². The van der Waals surface area contributed by atoms with E-state index in [0.29, 0.717) is 4.75 Å². The van der Waals surface area contributed by atoms with Crippen molar-refractivity contribution >= 4 is 17.6 Å². The van der Waals surface area contributed by atoms with E-state index in [-0.39, 0.29) is 0 Å². The molecule has 1 aliphatic rings. The lowest BCUT2D eigenvalue weighted by Gasteiger charge is -2.23. The van der Waals surface area contributed by atoms with Crippen LogP contribution in [0.4, 0.5) is 5.82 Å². The van der Waals surface area contributed by atoms with Gasteiger partial charge < -0.3 is 10.2 Å². The zero-order valence-corrected chi connectivity index (χ0v) is 13.1. The van der Waals surface area contributed by atoms with Gasteiger partial charge in [0.05, 0.1) is 5.69 Å². The normalized spacial score (nSPS) is 19.2. The van der Waals surface area contributed by atoms with Gasteiger partial charge >= 0.3 is 0 Å². The highest BCUT2D eigenvalue weighted by Gasteiger charge is 2.24. The van der Waals surface area contributed by atoms with Gasteiger partial charge in [-0.1, -0.05) is 26.8 Å². The Morgan fingerprint density at radius 2 is 2.21 bits per heavy atom. The standard InChI is InChI=1S/C15H25N3S/c1-4-16-12-13-6-5-7-14(17-13)18-9-8-15(2,3)19-11-10-18/h5-7,16H,4,8-12H2,1-3H3. The van der Waals surface area contributed by atoms with E-state index in [4.69, 9.17) is 4.98 Å². The van der Waals surface area contributed by atoms with E-state index in [0.717, 1.165) is 37.7 Å². The fraction of sp³-hybridized carbons (Fsp3) is 0.667. The van der Waals surface area contributed by atoms with E-state index in [1.54, 1.807) is 0 Å². The molecule has 0 unspecified atom stereocenters. The van der Waals surface area contributed by atoms with Gasteiger partial charge in [0.15, 0.2) is 0 Å². The van der Waals surface area contributed by atoms with Crippen molar-refractivity contribution in [2.24, 2.45) is 0 Å². The Labute approximate surface area is 121 Å². The number of rotatable bonds is 4. The minimum Gasteiger partial charge on any atom is -0.356 e. The molecule has 0 atom stereocenters. The number of anilines is 1. The van der Waals surface area contributed by atoms with E-state index in [2.05, 4.69) is 60.9 Å². The van der Waals surface area contributed by atoms with Gasteiger partial charge in [0.1, 0.15) is 5.82 Å². The van der Waals surface area contributed by atoms with Crippen molar-refractivity contribution in [3.05, 3.63) is 23.9 Å². The lowest BCUT2D eigenvalue weighted by Crippen LogP contribution is -2.28. The number of aromatic nitrogens is 1. The number of thioether (sulfide) groups is 1. The zero-order valence-electron chi connectivity index (χ0n) is 12.3. The summed E-state index contributed by atoms with van der Waals surface area (Å²) in [7, 11) is 0. The second-order valence-electron chi connectivity index (χ2n) is 5.61. The van der Waals surface area contributed by atoms with Gasteiger partial charge in [0.25, 0.3) is 0 Å². The second-order valence-corrected chi connectivity index (χ2v) is 7.41. The average Bonchev–Trinajstić information content (AvgIpc) is 2.58. The number of pyridine rings is 1. The van der Waals surface area contributed by atoms with Crippen molar-refractivity contribution in [2.45, 2.75) is 38.5 Å². The minimum absolute atomic E-state index is 0.399. The Morgan fingerprint density at radius 3 is 3.00 bits per heavy atom. The predicted octanol–water partition coefficient (Wildman–Crippen LogP) is 2.91. The predicted molar refractivity (Wildman–Crippen MR) is 85.0 cm³/mol. The molecule has 0 radical (unpaired) electrons. The molecule has 0 saturated carbocycles. The Balaban J connectivity index is 2.04. The molecule has 3 nitrogen and oxygen atoms in total. The molecule has 106 valence electrons. The lowest BCUT2D eigenvalue weighted by molar-refractivity contribution is 0.633. The SMILES string of the molecule is CCNCc1cccc(N2CCSC(C)(C)CC2)n1. The molecule has 4 heteroatoms. The van der Waals surface area contributed by atoms with E-state index in [1.807, 2.05) is 0 Å². The third kappa shape index (κ3) is 4.39. The Hall–Kier alpha value is -0.740. The molecule has 1 aromatic heterocycles. The van der Waals surface area contributed by atoms with Gasteiger partial charge in [-0.2, -0.15) is 11.8 Å². The quantitative estimate of drug-likeness (QED) is 0.917. The van der Waals surface area contributed by atoms with Crippen LogP contribution in [-0.4, -0.2) is 35.1 Å². The van der Waals surface area contributed by atoms with E-state index in [1.165, 1.54) is 12.2 Å². The van der Waals surface area contributed by atoms with Crippen LogP contribution in [0.5, 0.6) is 0 Å². The number of hydrogen-bond acceptors (Lipinski definition) is 4. The van der Waals surface area contributed by atoms with Crippen LogP contribution in [-0.2, 0) is 6.54 Å². The van der Waals surface area contributed by atoms with Crippen LogP contribution in [0.1, 0.15) is 32.9 Å². The van der Waals surface area contributed by atoms with Gasteiger partial charge in [0.2, 0.25) is 0 Å². The first-order valence-corrected chi connectivity index (χ1v) is 8.15. The molecular weight excluding hydrogens is 254 g/mol. The third-order valence-electron chi connectivity index (χ3n) is 3.51. The number of nitrogens with zero attached hydrogens (tertiary/aromatic N) is 2. The molecule has 0 aromatic carbocycles. The maximum Gasteiger partial charge on any atom is 0.128 e. The van der Waals surface area contributed by atoms with Crippen LogP contribution in [0.25, 0.3) is 0 Å². The molecule has 1 N–H and O–H groups in total. The zero-order chi connectivity index (χ0) is 13.7. The summed E-state index contributed by atoms with van der Waals surface area (Å²) in [6, 6.07) is 6.36. The van der Waals surface area contributed by atoms with E-state index in [9.17, 15) is 0 Å². The summed E-state index contributed by atoms with van der Waals surface area (Å²) in [5.74, 6) is 2.32. The molecule has 1 saturated heterocycles. The summed E-state index contributed by atoms with van der Waals surface area (Å²) in [6.45, 7) is 10.9. The summed E-state index contributed by atoms with van der Waals surface area (Å²) in [6.07, 6.45) is 1.22. The summed E-state index contributed by atoms with van der Waals surface area (Å²) in [5.41, 5.74) is 1.13. The summed E-state index contributed by atoms with van der Waals surface area (Å²) >= 11 is 2.08. The molecule has 1 aliphatic heterocycles. The fourth-order valence-electron chi connectivity index (χ4n) is 2.24. The summed E-state index contributed by atoms with van der Waals surface area (Å²) in [5, 5.41) is 3.33. The number of hydrogen-bond donors (Lipinski definition) is 1. The van der Waals surface area contributed by atoms with Crippen molar-refractivity contribution in [2.75, 3.05) is 30.3 Å². The Morgan fingerprint density at radius 1 is 1.37 bits per heavy atom. The third-order valence-corrected chi connectivity index (χ3v) is 4.88. The van der Waals surface area contributed by atoms with Gasteiger partial charge in [-0.05, 0) is 25.1 Å². The maximum atomic E-state index is 4.78. The second kappa shape index (κ2) is 6.62. The molecule has 1 aromatic rings. The molecule has 0 spiro atoms. The van der Waals surface area contributed by atoms with Gasteiger partial charge in [-0.25, -0.2) is 4.98 Å². The van der Waals surface area contributed by atoms with Gasteiger partial charge in [-0.3, -0.25) is 0 Å². The average molecular weight is 279 g/mol. The highest BCUT2D eigenvalue weighted by atomic mass is 32.2. The van der Waals surface area contributed by atoms with Crippen LogP contribution >= 0.6 is 11.8 Å². The molecule has 2 heterocycles. The molecular formula is C15H25N3S. The first-order chi connectivity index (χ1) is 9.11. The lowest BCUT2D eigenvalue weighted by atomic mass is 10.1. The first-order valence-electron chi connectivity index (χ1n) is 7.16. The highest BCUT2D eigenvalue weighted by Crippen LogP contribution is 2.31. The Kier molecular flexibility index (Phi) is 5.11. The molecule has 1 fully saturated rings. The molecule has 2 rings (SSSR count). The first kappa shape index (κ1) is 14.7. The van der Waals surface area contributed by atoms with Crippen molar-refractivity contribution in [3.63, 3.8) is 0 Å². The van der Waals surface area contributed by atoms with Gasteiger partial charge in [0, 0.05) is 30.1 Å². The summed E-state index contributed by atoms with van der Waals surface area (Å²) in [4.78, 5) is 7.21. The monoisotopic (exact) mass is 279 g/mol. The van der Waals surface area contributed by atoms with Crippen molar-refractivity contribution in [1.29, 1.82) is 0 Å². The molecule has 0 aliphatic carbocycles.